The summed E-state index contributed by atoms with van der Waals surface area (Å²) in [5, 5.41) is 18.6. The largest absolute Gasteiger partial charge is 0.278 e. The van der Waals surface area contributed by atoms with Crippen molar-refractivity contribution in [2.45, 2.75) is 0 Å². The van der Waals surface area contributed by atoms with Crippen LogP contribution in [0.3, 0.4) is 0 Å². The first-order chi connectivity index (χ1) is 13.6. The smallest absolute Gasteiger partial charge is 0.258 e. The Balaban J connectivity index is 1.90. The molecule has 0 radical (unpaired) electrons. The van der Waals surface area contributed by atoms with Crippen molar-refractivity contribution in [2.75, 3.05) is 0 Å². The monoisotopic (exact) mass is 427 g/mol. The maximum atomic E-state index is 11.6. The van der Waals surface area contributed by atoms with Crippen molar-refractivity contribution in [3.05, 3.63) is 99.5 Å². The van der Waals surface area contributed by atoms with Gasteiger partial charge in [0.2, 0.25) is 0 Å². The molecule has 5 aromatic carbocycles. The van der Waals surface area contributed by atoms with E-state index in [9.17, 15) is 10.1 Å². The molecule has 0 heterocycles. The minimum atomic E-state index is -0.331. The molecule has 3 nitrogen and oxygen atoms in total. The Morgan fingerprint density at radius 3 is 1.75 bits per heavy atom. The lowest BCUT2D eigenvalue weighted by atomic mass is 9.92. The molecule has 0 aliphatic carbocycles. The van der Waals surface area contributed by atoms with Gasteiger partial charge in [-0.2, -0.15) is 0 Å². The predicted octanol–water partition coefficient (Wildman–Crippen LogP) is 7.48. The van der Waals surface area contributed by atoms with Crippen LogP contribution in [-0.4, -0.2) is 4.92 Å². The highest BCUT2D eigenvalue weighted by Gasteiger charge is 2.17. The normalized spacial score (nSPS) is 11.3. The summed E-state index contributed by atoms with van der Waals surface area (Å²) in [6.07, 6.45) is 0. The number of fused-ring (bicyclic) bond motifs is 6. The van der Waals surface area contributed by atoms with Crippen LogP contribution in [0.5, 0.6) is 0 Å². The summed E-state index contributed by atoms with van der Waals surface area (Å²) in [4.78, 5) is 11.3. The average Bonchev–Trinajstić information content (AvgIpc) is 2.73. The van der Waals surface area contributed by atoms with Gasteiger partial charge in [-0.15, -0.1) is 0 Å². The Morgan fingerprint density at radius 1 is 0.643 bits per heavy atom. The Bertz CT molecular complexity index is 1370. The fraction of sp³-hybridized carbons (Fsp3) is 0. The fourth-order valence-electron chi connectivity index (χ4n) is 3.98. The molecule has 0 aliphatic rings. The van der Waals surface area contributed by atoms with Gasteiger partial charge in [0.05, 0.1) is 10.5 Å². The Hall–Kier alpha value is -3.24. The zero-order valence-electron chi connectivity index (χ0n) is 14.7. The van der Waals surface area contributed by atoms with Gasteiger partial charge in [-0.3, -0.25) is 10.1 Å². The highest BCUT2D eigenvalue weighted by Crippen LogP contribution is 2.39. The van der Waals surface area contributed by atoms with Gasteiger partial charge in [-0.05, 0) is 56.1 Å². The van der Waals surface area contributed by atoms with Crippen LogP contribution in [-0.2, 0) is 0 Å². The van der Waals surface area contributed by atoms with E-state index in [0.717, 1.165) is 21.7 Å². The van der Waals surface area contributed by atoms with Gasteiger partial charge in [0.15, 0.2) is 0 Å². The second kappa shape index (κ2) is 6.43. The minimum Gasteiger partial charge on any atom is -0.258 e. The van der Waals surface area contributed by atoms with Gasteiger partial charge in [0.1, 0.15) is 0 Å². The summed E-state index contributed by atoms with van der Waals surface area (Å²) in [5.41, 5.74) is 1.55. The van der Waals surface area contributed by atoms with Gasteiger partial charge < -0.3 is 0 Å². The third kappa shape index (κ3) is 2.57. The van der Waals surface area contributed by atoms with E-state index in [1.807, 2.05) is 30.3 Å². The number of nitrogens with zero attached hydrogens (tertiary/aromatic N) is 1. The average molecular weight is 428 g/mol. The molecule has 0 spiro atoms. The van der Waals surface area contributed by atoms with E-state index >= 15 is 0 Å². The van der Waals surface area contributed by atoms with Gasteiger partial charge in [0, 0.05) is 10.5 Å². The predicted molar refractivity (Wildman–Crippen MR) is 119 cm³/mol. The highest BCUT2D eigenvalue weighted by molar-refractivity contribution is 9.10. The second-order valence-electron chi connectivity index (χ2n) is 6.77. The van der Waals surface area contributed by atoms with E-state index in [2.05, 4.69) is 58.4 Å². The van der Waals surface area contributed by atoms with Crippen LogP contribution in [0.15, 0.2) is 89.4 Å². The lowest BCUT2D eigenvalue weighted by molar-refractivity contribution is -0.384. The van der Waals surface area contributed by atoms with Crippen molar-refractivity contribution in [1.29, 1.82) is 0 Å². The molecule has 0 atom stereocenters. The molecule has 5 rings (SSSR count). The summed E-state index contributed by atoms with van der Waals surface area (Å²) in [6.45, 7) is 0. The molecule has 0 N–H and O–H groups in total. The van der Waals surface area contributed by atoms with Crippen molar-refractivity contribution < 1.29 is 4.92 Å². The van der Waals surface area contributed by atoms with Crippen molar-refractivity contribution in [2.24, 2.45) is 0 Å². The first-order valence-electron chi connectivity index (χ1n) is 8.91. The number of hydrogen-bond donors (Lipinski definition) is 0. The molecule has 4 heteroatoms. The maximum Gasteiger partial charge on any atom is 0.278 e. The van der Waals surface area contributed by atoms with Crippen molar-refractivity contribution in [3.8, 4) is 11.1 Å². The molecular formula is C24H14BrNO2. The molecule has 5 aromatic rings. The van der Waals surface area contributed by atoms with Crippen LogP contribution >= 0.6 is 15.9 Å². The number of benzene rings is 5. The van der Waals surface area contributed by atoms with Crippen LogP contribution in [0.4, 0.5) is 5.69 Å². The SMILES string of the molecule is O=[N+]([O-])c1cc(Br)ccc1-c1ccc2c3ccccc3c3ccccc3c2c1. The second-order valence-corrected chi connectivity index (χ2v) is 7.69. The van der Waals surface area contributed by atoms with Crippen LogP contribution in [0.25, 0.3) is 43.4 Å². The van der Waals surface area contributed by atoms with Gasteiger partial charge in [-0.25, -0.2) is 0 Å². The zero-order chi connectivity index (χ0) is 19.3. The van der Waals surface area contributed by atoms with E-state index in [-0.39, 0.29) is 10.6 Å². The number of hydrogen-bond acceptors (Lipinski definition) is 2. The molecule has 134 valence electrons. The van der Waals surface area contributed by atoms with Gasteiger partial charge in [-0.1, -0.05) is 76.6 Å². The zero-order valence-corrected chi connectivity index (χ0v) is 16.3. The quantitative estimate of drug-likeness (QED) is 0.166. The van der Waals surface area contributed by atoms with Crippen molar-refractivity contribution >= 4 is 53.9 Å². The van der Waals surface area contributed by atoms with Crippen molar-refractivity contribution in [3.63, 3.8) is 0 Å². The summed E-state index contributed by atoms with van der Waals surface area (Å²) < 4.78 is 0.695. The van der Waals surface area contributed by atoms with Crippen LogP contribution < -0.4 is 0 Å². The summed E-state index contributed by atoms with van der Waals surface area (Å²) in [6, 6.07) is 28.0. The van der Waals surface area contributed by atoms with E-state index in [4.69, 9.17) is 0 Å². The number of nitro groups is 1. The molecule has 0 unspecified atom stereocenters. The summed E-state index contributed by atoms with van der Waals surface area (Å²) >= 11 is 3.33. The lowest BCUT2D eigenvalue weighted by Crippen LogP contribution is -1.92. The third-order valence-corrected chi connectivity index (χ3v) is 5.70. The number of rotatable bonds is 2. The summed E-state index contributed by atoms with van der Waals surface area (Å²) in [7, 11) is 0. The molecular weight excluding hydrogens is 414 g/mol. The Labute approximate surface area is 169 Å². The first kappa shape index (κ1) is 16.9. The van der Waals surface area contributed by atoms with Crippen LogP contribution in [0.2, 0.25) is 0 Å². The molecule has 28 heavy (non-hydrogen) atoms. The van der Waals surface area contributed by atoms with E-state index in [1.165, 1.54) is 16.2 Å². The minimum absolute atomic E-state index is 0.0961. The van der Waals surface area contributed by atoms with E-state index in [0.29, 0.717) is 10.0 Å². The molecule has 0 fully saturated rings. The number of halogens is 1. The van der Waals surface area contributed by atoms with Gasteiger partial charge >= 0.3 is 0 Å². The van der Waals surface area contributed by atoms with Gasteiger partial charge in [0.25, 0.3) is 5.69 Å². The van der Waals surface area contributed by atoms with Crippen molar-refractivity contribution in [1.82, 2.24) is 0 Å². The first-order valence-corrected chi connectivity index (χ1v) is 9.70. The standard InChI is InChI=1S/C24H14BrNO2/c25-16-10-12-17(24(14-16)26(27)28)15-9-11-22-20-7-2-1-5-18(20)19-6-3-4-8-21(19)23(22)13-15/h1-14H. The van der Waals surface area contributed by atoms with Crippen LogP contribution in [0, 0.1) is 10.1 Å². The lowest BCUT2D eigenvalue weighted by Gasteiger charge is -2.12. The van der Waals surface area contributed by atoms with Crippen LogP contribution in [0.1, 0.15) is 0 Å². The maximum absolute atomic E-state index is 11.6. The topological polar surface area (TPSA) is 43.1 Å². The van der Waals surface area contributed by atoms with E-state index < -0.39 is 0 Å². The molecule has 0 bridgehead atoms. The van der Waals surface area contributed by atoms with E-state index in [1.54, 1.807) is 12.1 Å². The summed E-state index contributed by atoms with van der Waals surface area (Å²) in [5.74, 6) is 0. The Morgan fingerprint density at radius 2 is 1.18 bits per heavy atom. The molecule has 0 amide bonds. The fourth-order valence-corrected chi connectivity index (χ4v) is 4.32. The highest BCUT2D eigenvalue weighted by atomic mass is 79.9. The third-order valence-electron chi connectivity index (χ3n) is 5.21. The Kier molecular flexibility index (Phi) is 3.88. The number of nitro benzene ring substituents is 1. The molecule has 0 aromatic heterocycles. The molecule has 0 saturated heterocycles. The molecule has 0 saturated carbocycles. The molecule has 0 aliphatic heterocycles.